The van der Waals surface area contributed by atoms with Crippen molar-refractivity contribution >= 4 is 5.91 Å². The van der Waals surface area contributed by atoms with Gasteiger partial charge in [0.2, 0.25) is 0 Å². The number of H-pyrrole nitrogens is 2. The van der Waals surface area contributed by atoms with E-state index in [0.717, 1.165) is 19.3 Å². The van der Waals surface area contributed by atoms with Crippen LogP contribution < -0.4 is 11.2 Å². The molecule has 3 heterocycles. The van der Waals surface area contributed by atoms with Gasteiger partial charge in [-0.05, 0) is 42.9 Å². The van der Waals surface area contributed by atoms with Crippen LogP contribution in [0.2, 0.25) is 0 Å². The fourth-order valence-electron chi connectivity index (χ4n) is 2.93. The van der Waals surface area contributed by atoms with Crippen molar-refractivity contribution < 1.29 is 4.79 Å². The van der Waals surface area contributed by atoms with Gasteiger partial charge in [-0.1, -0.05) is 0 Å². The Hall–Kier alpha value is -2.70. The molecule has 0 bridgehead atoms. The highest BCUT2D eigenvalue weighted by Crippen LogP contribution is 2.22. The number of aromatic nitrogens is 3. The number of amides is 1. The van der Waals surface area contributed by atoms with Gasteiger partial charge in [-0.2, -0.15) is 0 Å². The molecule has 2 aromatic rings. The lowest BCUT2D eigenvalue weighted by molar-refractivity contribution is 0.0688. The monoisotopic (exact) mass is 314 g/mol. The van der Waals surface area contributed by atoms with Crippen LogP contribution in [-0.2, 0) is 6.42 Å². The Morgan fingerprint density at radius 1 is 1.22 bits per heavy atom. The van der Waals surface area contributed by atoms with Gasteiger partial charge < -0.3 is 9.88 Å². The molecule has 0 spiro atoms. The minimum absolute atomic E-state index is 0.0165. The van der Waals surface area contributed by atoms with Crippen molar-refractivity contribution in [1.29, 1.82) is 0 Å². The molecule has 0 radical (unpaired) electrons. The molecule has 0 atom stereocenters. The number of carbonyl (C=O) groups is 1. The van der Waals surface area contributed by atoms with Crippen LogP contribution in [0.1, 0.15) is 28.8 Å². The Labute approximate surface area is 132 Å². The molecule has 1 aliphatic heterocycles. The van der Waals surface area contributed by atoms with Crippen LogP contribution in [0.4, 0.5) is 0 Å². The highest BCUT2D eigenvalue weighted by atomic mass is 16.2. The van der Waals surface area contributed by atoms with E-state index >= 15 is 0 Å². The number of likely N-dealkylation sites (tertiary alicyclic amines) is 1. The highest BCUT2D eigenvalue weighted by molar-refractivity contribution is 5.93. The van der Waals surface area contributed by atoms with Crippen LogP contribution in [0, 0.1) is 5.92 Å². The summed E-state index contributed by atoms with van der Waals surface area (Å²) in [5.74, 6) is 0.195. The third-order valence-corrected chi connectivity index (χ3v) is 4.23. The highest BCUT2D eigenvalue weighted by Gasteiger charge is 2.25. The molecule has 3 rings (SSSR count). The molecule has 0 saturated carbocycles. The number of nitrogens with one attached hydrogen (secondary N) is 2. The summed E-state index contributed by atoms with van der Waals surface area (Å²) in [6.07, 6.45) is 7.54. The second-order valence-corrected chi connectivity index (χ2v) is 5.78. The summed E-state index contributed by atoms with van der Waals surface area (Å²) in [5, 5.41) is 0. The zero-order valence-corrected chi connectivity index (χ0v) is 12.6. The molecule has 7 heteroatoms. The molecular formula is C16H18N4O3. The van der Waals surface area contributed by atoms with Gasteiger partial charge in [0.05, 0.1) is 0 Å². The van der Waals surface area contributed by atoms with Gasteiger partial charge >= 0.3 is 5.69 Å². The average Bonchev–Trinajstić information content (AvgIpc) is 2.56. The Kier molecular flexibility index (Phi) is 4.36. The minimum atomic E-state index is -0.641. The number of hydrogen-bond donors (Lipinski definition) is 2. The first kappa shape index (κ1) is 15.2. The molecule has 23 heavy (non-hydrogen) atoms. The first-order chi connectivity index (χ1) is 11.1. The predicted octanol–water partition coefficient (Wildman–Crippen LogP) is 0.553. The first-order valence-corrected chi connectivity index (χ1v) is 7.63. The Morgan fingerprint density at radius 2 is 1.91 bits per heavy atom. The van der Waals surface area contributed by atoms with Gasteiger partial charge in [-0.3, -0.25) is 19.6 Å². The molecule has 2 aromatic heterocycles. The van der Waals surface area contributed by atoms with Crippen molar-refractivity contribution in [2.45, 2.75) is 19.3 Å². The van der Waals surface area contributed by atoms with Crippen LogP contribution in [0.3, 0.4) is 0 Å². The van der Waals surface area contributed by atoms with Gasteiger partial charge in [0.1, 0.15) is 5.56 Å². The predicted molar refractivity (Wildman–Crippen MR) is 84.3 cm³/mol. The van der Waals surface area contributed by atoms with Crippen molar-refractivity contribution in [2.24, 2.45) is 5.92 Å². The lowest BCUT2D eigenvalue weighted by Crippen LogP contribution is -2.41. The quantitative estimate of drug-likeness (QED) is 0.864. The Balaban J connectivity index is 1.61. The second kappa shape index (κ2) is 6.60. The van der Waals surface area contributed by atoms with Crippen LogP contribution >= 0.6 is 0 Å². The van der Waals surface area contributed by atoms with E-state index in [9.17, 15) is 14.4 Å². The van der Waals surface area contributed by atoms with E-state index in [2.05, 4.69) is 15.0 Å². The lowest BCUT2D eigenvalue weighted by atomic mass is 9.90. The molecule has 0 aromatic carbocycles. The first-order valence-electron chi connectivity index (χ1n) is 7.63. The summed E-state index contributed by atoms with van der Waals surface area (Å²) in [7, 11) is 0. The number of aromatic amines is 2. The number of rotatable bonds is 3. The van der Waals surface area contributed by atoms with E-state index in [1.54, 1.807) is 17.3 Å². The molecule has 0 aliphatic carbocycles. The fraction of sp³-hybridized carbons (Fsp3) is 0.375. The van der Waals surface area contributed by atoms with Crippen LogP contribution in [0.15, 0.2) is 40.3 Å². The van der Waals surface area contributed by atoms with Gasteiger partial charge in [0.15, 0.2) is 0 Å². The van der Waals surface area contributed by atoms with Crippen LogP contribution in [-0.4, -0.2) is 38.8 Å². The molecular weight excluding hydrogens is 296 g/mol. The fourth-order valence-corrected chi connectivity index (χ4v) is 2.93. The molecule has 1 saturated heterocycles. The number of nitrogens with zero attached hydrogens (tertiary/aromatic N) is 2. The van der Waals surface area contributed by atoms with Crippen LogP contribution in [0.5, 0.6) is 0 Å². The summed E-state index contributed by atoms with van der Waals surface area (Å²) in [5.41, 5.74) is -0.0145. The summed E-state index contributed by atoms with van der Waals surface area (Å²) in [6, 6.07) is 4.02. The summed E-state index contributed by atoms with van der Waals surface area (Å²) >= 11 is 0. The molecule has 7 nitrogen and oxygen atoms in total. The lowest BCUT2D eigenvalue weighted by Gasteiger charge is -2.31. The maximum atomic E-state index is 12.4. The molecule has 120 valence electrons. The number of hydrogen-bond acceptors (Lipinski definition) is 4. The smallest absolute Gasteiger partial charge is 0.325 e. The summed E-state index contributed by atoms with van der Waals surface area (Å²) in [4.78, 5) is 45.2. The van der Waals surface area contributed by atoms with Crippen molar-refractivity contribution in [3.63, 3.8) is 0 Å². The van der Waals surface area contributed by atoms with Crippen LogP contribution in [0.25, 0.3) is 0 Å². The van der Waals surface area contributed by atoms with E-state index in [1.807, 2.05) is 12.1 Å². The topological polar surface area (TPSA) is 98.9 Å². The average molecular weight is 314 g/mol. The van der Waals surface area contributed by atoms with Crippen molar-refractivity contribution in [1.82, 2.24) is 19.9 Å². The summed E-state index contributed by atoms with van der Waals surface area (Å²) in [6.45, 7) is 1.24. The number of pyridine rings is 1. The SMILES string of the molecule is O=C(c1c[nH]c(=O)[nH]c1=O)N1CCC(Cc2ccncc2)CC1. The van der Waals surface area contributed by atoms with Crippen molar-refractivity contribution in [2.75, 3.05) is 13.1 Å². The van der Waals surface area contributed by atoms with E-state index in [4.69, 9.17) is 0 Å². The number of piperidine rings is 1. The Morgan fingerprint density at radius 3 is 2.57 bits per heavy atom. The van der Waals surface area contributed by atoms with E-state index in [-0.39, 0.29) is 11.5 Å². The Bertz CT molecular complexity index is 789. The second-order valence-electron chi connectivity index (χ2n) is 5.78. The van der Waals surface area contributed by atoms with Gasteiger partial charge in [-0.15, -0.1) is 0 Å². The molecule has 0 unspecified atom stereocenters. The van der Waals surface area contributed by atoms with E-state index in [1.165, 1.54) is 11.8 Å². The maximum Gasteiger partial charge on any atom is 0.325 e. The molecule has 2 N–H and O–H groups in total. The summed E-state index contributed by atoms with van der Waals surface area (Å²) < 4.78 is 0. The zero-order valence-electron chi connectivity index (χ0n) is 12.6. The third kappa shape index (κ3) is 3.56. The van der Waals surface area contributed by atoms with Gasteiger partial charge in [-0.25, -0.2) is 4.79 Å². The zero-order chi connectivity index (χ0) is 16.2. The van der Waals surface area contributed by atoms with Crippen molar-refractivity contribution in [3.05, 3.63) is 62.7 Å². The van der Waals surface area contributed by atoms with E-state index < -0.39 is 11.2 Å². The molecule has 1 amide bonds. The van der Waals surface area contributed by atoms with Gasteiger partial charge in [0.25, 0.3) is 11.5 Å². The van der Waals surface area contributed by atoms with Crippen molar-refractivity contribution in [3.8, 4) is 0 Å². The normalized spacial score (nSPS) is 15.6. The number of carbonyl (C=O) groups excluding carboxylic acids is 1. The van der Waals surface area contributed by atoms with E-state index in [0.29, 0.717) is 19.0 Å². The third-order valence-electron chi connectivity index (χ3n) is 4.23. The largest absolute Gasteiger partial charge is 0.338 e. The standard InChI is InChI=1S/C16H18N4O3/c21-14-13(10-18-16(23)19-14)15(22)20-7-3-12(4-8-20)9-11-1-5-17-6-2-11/h1-2,5-6,10,12H,3-4,7-9H2,(H2,18,19,21,23). The molecule has 1 fully saturated rings. The minimum Gasteiger partial charge on any atom is -0.338 e. The van der Waals surface area contributed by atoms with Gasteiger partial charge in [0, 0.05) is 31.7 Å². The maximum absolute atomic E-state index is 12.4. The molecule has 1 aliphatic rings.